The molecule has 168 valence electrons. The van der Waals surface area contributed by atoms with Crippen molar-refractivity contribution in [2.45, 2.75) is 19.8 Å². The average molecular weight is 447 g/mol. The van der Waals surface area contributed by atoms with Gasteiger partial charge in [0.2, 0.25) is 0 Å². The van der Waals surface area contributed by atoms with E-state index in [2.05, 4.69) is 0 Å². The quantitative estimate of drug-likeness (QED) is 0.381. The van der Waals surface area contributed by atoms with Crippen LogP contribution in [0.4, 0.5) is 0 Å². The Hall–Kier alpha value is -4.53. The summed E-state index contributed by atoms with van der Waals surface area (Å²) >= 11 is 0. The second-order valence-electron chi connectivity index (χ2n) is 7.01. The molecule has 0 aliphatic heterocycles. The maximum atomic E-state index is 12.9. The van der Waals surface area contributed by atoms with Crippen molar-refractivity contribution in [3.63, 3.8) is 0 Å². The molecule has 0 saturated carbocycles. The first-order valence-corrected chi connectivity index (χ1v) is 10.2. The van der Waals surface area contributed by atoms with Crippen molar-refractivity contribution < 1.29 is 14.5 Å². The van der Waals surface area contributed by atoms with Gasteiger partial charge in [-0.1, -0.05) is 105 Å². The van der Waals surface area contributed by atoms with E-state index < -0.39 is 17.1 Å². The molecule has 4 aromatic rings. The van der Waals surface area contributed by atoms with Crippen LogP contribution in [0.5, 0.6) is 0 Å². The fourth-order valence-corrected chi connectivity index (χ4v) is 2.96. The van der Waals surface area contributed by atoms with Crippen LogP contribution in [-0.4, -0.2) is 14.2 Å². The SMILES string of the molecule is O=c1n(OCc2ccccc2)c(=O)n(OCc2ccccc2)c(=O)n1OCc1ccccc1. The van der Waals surface area contributed by atoms with Gasteiger partial charge in [-0.25, -0.2) is 14.4 Å². The van der Waals surface area contributed by atoms with E-state index >= 15 is 0 Å². The van der Waals surface area contributed by atoms with Gasteiger partial charge in [0.05, 0.1) is 0 Å². The number of hydrogen-bond acceptors (Lipinski definition) is 6. The number of nitrogens with zero attached hydrogens (tertiary/aromatic N) is 3. The van der Waals surface area contributed by atoms with Gasteiger partial charge in [-0.15, -0.1) is 0 Å². The standard InChI is InChI=1S/C24H21N3O6/c28-22-25(31-16-19-10-4-1-5-11-19)23(29)27(33-18-21-14-8-3-9-15-21)24(30)26(22)32-17-20-12-6-2-7-13-20/h1-15H,16-18H2. The minimum absolute atomic E-state index is 0.0778. The molecule has 0 aliphatic rings. The molecule has 4 rings (SSSR count). The van der Waals surface area contributed by atoms with E-state index in [4.69, 9.17) is 14.5 Å². The highest BCUT2D eigenvalue weighted by atomic mass is 16.7. The third-order valence-corrected chi connectivity index (χ3v) is 4.65. The maximum Gasteiger partial charge on any atom is 0.403 e. The molecule has 33 heavy (non-hydrogen) atoms. The second-order valence-corrected chi connectivity index (χ2v) is 7.01. The number of rotatable bonds is 9. The lowest BCUT2D eigenvalue weighted by Crippen LogP contribution is -2.59. The zero-order valence-corrected chi connectivity index (χ0v) is 17.6. The summed E-state index contributed by atoms with van der Waals surface area (Å²) < 4.78 is 1.35. The number of hydrogen-bond donors (Lipinski definition) is 0. The Morgan fingerprint density at radius 1 is 0.424 bits per heavy atom. The van der Waals surface area contributed by atoms with Crippen LogP contribution < -0.4 is 31.6 Å². The molecule has 9 nitrogen and oxygen atoms in total. The van der Waals surface area contributed by atoms with E-state index in [1.165, 1.54) is 0 Å². The van der Waals surface area contributed by atoms with E-state index in [9.17, 15) is 14.4 Å². The van der Waals surface area contributed by atoms with Crippen molar-refractivity contribution in [2.75, 3.05) is 0 Å². The number of aromatic nitrogens is 3. The first kappa shape index (κ1) is 21.7. The number of benzene rings is 3. The lowest BCUT2D eigenvalue weighted by atomic mass is 10.2. The lowest BCUT2D eigenvalue weighted by molar-refractivity contribution is -0.0221. The molecular weight excluding hydrogens is 426 g/mol. The van der Waals surface area contributed by atoms with Gasteiger partial charge in [0.1, 0.15) is 19.8 Å². The third kappa shape index (κ3) is 5.21. The molecule has 9 heteroatoms. The Labute approximate surface area is 188 Å². The highest BCUT2D eigenvalue weighted by molar-refractivity contribution is 5.14. The highest BCUT2D eigenvalue weighted by Crippen LogP contribution is 2.00. The largest absolute Gasteiger partial charge is 0.403 e. The first-order valence-electron chi connectivity index (χ1n) is 10.2. The fraction of sp³-hybridized carbons (Fsp3) is 0.125. The summed E-state index contributed by atoms with van der Waals surface area (Å²) in [6.07, 6.45) is 0. The molecule has 3 aromatic carbocycles. The molecule has 0 bridgehead atoms. The van der Waals surface area contributed by atoms with Crippen molar-refractivity contribution in [3.05, 3.63) is 139 Å². The predicted octanol–water partition coefficient (Wildman–Crippen LogP) is 1.06. The van der Waals surface area contributed by atoms with Gasteiger partial charge in [0.15, 0.2) is 0 Å². The van der Waals surface area contributed by atoms with Gasteiger partial charge in [0, 0.05) is 0 Å². The van der Waals surface area contributed by atoms with Gasteiger partial charge in [-0.2, -0.15) is 0 Å². The van der Waals surface area contributed by atoms with Crippen LogP contribution in [0.25, 0.3) is 0 Å². The molecule has 0 fully saturated rings. The zero-order valence-electron chi connectivity index (χ0n) is 17.6. The molecule has 0 amide bonds. The summed E-state index contributed by atoms with van der Waals surface area (Å²) in [7, 11) is 0. The zero-order chi connectivity index (χ0) is 23.0. The molecule has 0 unspecified atom stereocenters. The van der Waals surface area contributed by atoms with Crippen molar-refractivity contribution in [3.8, 4) is 0 Å². The average Bonchev–Trinajstić information content (AvgIpc) is 2.86. The van der Waals surface area contributed by atoms with Crippen molar-refractivity contribution in [1.29, 1.82) is 0 Å². The van der Waals surface area contributed by atoms with Crippen LogP contribution in [0.1, 0.15) is 16.7 Å². The van der Waals surface area contributed by atoms with Crippen LogP contribution >= 0.6 is 0 Å². The van der Waals surface area contributed by atoms with Crippen molar-refractivity contribution in [2.24, 2.45) is 0 Å². The Kier molecular flexibility index (Phi) is 6.70. The van der Waals surface area contributed by atoms with Crippen LogP contribution in [0.15, 0.2) is 105 Å². The van der Waals surface area contributed by atoms with Crippen LogP contribution in [-0.2, 0) is 19.8 Å². The Morgan fingerprint density at radius 2 is 0.667 bits per heavy atom. The smallest absolute Gasteiger partial charge is 0.400 e. The predicted molar refractivity (Wildman–Crippen MR) is 119 cm³/mol. The lowest BCUT2D eigenvalue weighted by Gasteiger charge is -2.15. The van der Waals surface area contributed by atoms with Gasteiger partial charge in [-0.3, -0.25) is 0 Å². The molecule has 0 aliphatic carbocycles. The molecule has 0 radical (unpaired) electrons. The Bertz CT molecular complexity index is 1160. The van der Waals surface area contributed by atoms with Crippen molar-refractivity contribution >= 4 is 0 Å². The topological polar surface area (TPSA) is 93.7 Å². The van der Waals surface area contributed by atoms with Gasteiger partial charge < -0.3 is 14.5 Å². The molecule has 1 heterocycles. The van der Waals surface area contributed by atoms with E-state index in [1.54, 1.807) is 72.8 Å². The third-order valence-electron chi connectivity index (χ3n) is 4.65. The molecule has 0 saturated heterocycles. The van der Waals surface area contributed by atoms with E-state index in [-0.39, 0.29) is 19.8 Å². The van der Waals surface area contributed by atoms with Gasteiger partial charge in [0.25, 0.3) is 0 Å². The van der Waals surface area contributed by atoms with Gasteiger partial charge >= 0.3 is 17.1 Å². The fourth-order valence-electron chi connectivity index (χ4n) is 2.96. The summed E-state index contributed by atoms with van der Waals surface area (Å²) in [5.41, 5.74) is -1.04. The Morgan fingerprint density at radius 3 is 0.909 bits per heavy atom. The van der Waals surface area contributed by atoms with Crippen molar-refractivity contribution in [1.82, 2.24) is 14.2 Å². The highest BCUT2D eigenvalue weighted by Gasteiger charge is 2.19. The van der Waals surface area contributed by atoms with E-state index in [0.717, 1.165) is 16.7 Å². The normalized spacial score (nSPS) is 10.5. The molecule has 1 aromatic heterocycles. The summed E-state index contributed by atoms with van der Waals surface area (Å²) in [5, 5.41) is 0. The molecule has 0 N–H and O–H groups in total. The second kappa shape index (κ2) is 10.2. The minimum Gasteiger partial charge on any atom is -0.400 e. The van der Waals surface area contributed by atoms with E-state index in [1.807, 2.05) is 18.2 Å². The van der Waals surface area contributed by atoms with Crippen LogP contribution in [0, 0.1) is 0 Å². The first-order chi connectivity index (χ1) is 16.1. The summed E-state index contributed by atoms with van der Waals surface area (Å²) in [5.74, 6) is 0. The van der Waals surface area contributed by atoms with Gasteiger partial charge in [-0.05, 0) is 16.7 Å². The molecule has 0 atom stereocenters. The summed E-state index contributed by atoms with van der Waals surface area (Å²) in [4.78, 5) is 55.0. The Balaban J connectivity index is 1.68. The summed E-state index contributed by atoms with van der Waals surface area (Å²) in [6.45, 7) is -0.233. The molecule has 0 spiro atoms. The minimum atomic E-state index is -1.07. The van der Waals surface area contributed by atoms with Crippen LogP contribution in [0.3, 0.4) is 0 Å². The summed E-state index contributed by atoms with van der Waals surface area (Å²) in [6, 6.07) is 26.9. The maximum absolute atomic E-state index is 12.9. The monoisotopic (exact) mass is 447 g/mol. The molecular formula is C24H21N3O6. The van der Waals surface area contributed by atoms with E-state index in [0.29, 0.717) is 14.2 Å². The van der Waals surface area contributed by atoms with Crippen LogP contribution in [0.2, 0.25) is 0 Å².